The number of para-hydroxylation sites is 1. The normalized spacial score (nSPS) is 17.8. The van der Waals surface area contributed by atoms with Crippen LogP contribution in [0.1, 0.15) is 64.9 Å². The number of amides is 2. The third-order valence-electron chi connectivity index (χ3n) is 7.32. The van der Waals surface area contributed by atoms with E-state index < -0.39 is 11.2 Å². The minimum absolute atomic E-state index is 0.129. The van der Waals surface area contributed by atoms with Crippen LogP contribution in [0.2, 0.25) is 0 Å². The van der Waals surface area contributed by atoms with Gasteiger partial charge >= 0.3 is 11.7 Å². The molecule has 0 saturated carbocycles. The summed E-state index contributed by atoms with van der Waals surface area (Å²) in [5, 5.41) is 14.5. The summed E-state index contributed by atoms with van der Waals surface area (Å²) in [6.07, 6.45) is 7.16. The maximum absolute atomic E-state index is 13.4. The van der Waals surface area contributed by atoms with E-state index in [1.54, 1.807) is 64.0 Å². The molecule has 13 heteroatoms. The molecular formula is C30H35N7O5S+2. The van der Waals surface area contributed by atoms with E-state index in [4.69, 9.17) is 4.42 Å². The van der Waals surface area contributed by atoms with Crippen LogP contribution in [-0.2, 0) is 11.2 Å². The van der Waals surface area contributed by atoms with Gasteiger partial charge in [-0.3, -0.25) is 25.2 Å². The van der Waals surface area contributed by atoms with Gasteiger partial charge < -0.3 is 19.3 Å². The Kier molecular flexibility index (Phi) is 9.24. The molecule has 3 aromatic rings. The third kappa shape index (κ3) is 6.79. The van der Waals surface area contributed by atoms with Gasteiger partial charge in [0.2, 0.25) is 0 Å². The Morgan fingerprint density at radius 1 is 1.02 bits per heavy atom. The smallest absolute Gasteiger partial charge is 0.324 e. The Morgan fingerprint density at radius 3 is 2.40 bits per heavy atom. The van der Waals surface area contributed by atoms with Gasteiger partial charge in [0.05, 0.1) is 11.8 Å². The SMILES string of the molecule is C/C=C/C([NH2+]C1=NS(=O)N=C1[NH2+]c1cccc(C(=O)N2CCN(C(=O)c3ccccn3)CC2)c1O)c1cc(C(C)C)co1. The highest BCUT2D eigenvalue weighted by molar-refractivity contribution is 7.83. The lowest BCUT2D eigenvalue weighted by atomic mass is 10.1. The fourth-order valence-corrected chi connectivity index (χ4v) is 5.56. The second-order valence-corrected chi connectivity index (χ2v) is 11.4. The van der Waals surface area contributed by atoms with Crippen molar-refractivity contribution in [3.63, 3.8) is 0 Å². The van der Waals surface area contributed by atoms with Crippen molar-refractivity contribution in [2.45, 2.75) is 32.7 Å². The summed E-state index contributed by atoms with van der Waals surface area (Å²) in [6, 6.07) is 11.8. The number of amidine groups is 2. The van der Waals surface area contributed by atoms with E-state index in [9.17, 15) is 18.9 Å². The van der Waals surface area contributed by atoms with E-state index in [2.05, 4.69) is 27.6 Å². The first-order chi connectivity index (χ1) is 20.7. The van der Waals surface area contributed by atoms with Crippen LogP contribution in [0, 0.1) is 0 Å². The van der Waals surface area contributed by atoms with Crippen molar-refractivity contribution in [2.24, 2.45) is 8.80 Å². The average Bonchev–Trinajstić information content (AvgIpc) is 3.65. The number of furan rings is 1. The number of aromatic nitrogens is 1. The minimum atomic E-state index is -1.82. The summed E-state index contributed by atoms with van der Waals surface area (Å²) >= 11 is -1.82. The number of phenols is 1. The van der Waals surface area contributed by atoms with Gasteiger partial charge in [-0.2, -0.15) is 0 Å². The van der Waals surface area contributed by atoms with Crippen molar-refractivity contribution in [2.75, 3.05) is 26.2 Å². The first-order valence-electron chi connectivity index (χ1n) is 14.1. The molecule has 2 atom stereocenters. The molecule has 2 amide bonds. The molecule has 12 nitrogen and oxygen atoms in total. The van der Waals surface area contributed by atoms with Crippen molar-refractivity contribution in [1.29, 1.82) is 0 Å². The number of carbonyl (C=O) groups excluding carboxylic acids is 2. The van der Waals surface area contributed by atoms with Gasteiger partial charge in [-0.25, -0.2) is 4.21 Å². The van der Waals surface area contributed by atoms with Gasteiger partial charge in [-0.15, -0.1) is 8.80 Å². The van der Waals surface area contributed by atoms with Crippen LogP contribution in [0.3, 0.4) is 0 Å². The number of phenolic OH excluding ortho intramolecular Hbond substituents is 1. The average molecular weight is 606 g/mol. The molecule has 2 aliphatic rings. The molecule has 2 aliphatic heterocycles. The van der Waals surface area contributed by atoms with E-state index in [-0.39, 0.29) is 29.2 Å². The lowest BCUT2D eigenvalue weighted by Crippen LogP contribution is -2.98. The summed E-state index contributed by atoms with van der Waals surface area (Å²) in [7, 11) is 0. The monoisotopic (exact) mass is 605 g/mol. The number of piperazine rings is 1. The van der Waals surface area contributed by atoms with Crippen LogP contribution in [0.5, 0.6) is 5.75 Å². The lowest BCUT2D eigenvalue weighted by molar-refractivity contribution is -0.580. The van der Waals surface area contributed by atoms with E-state index in [0.29, 0.717) is 55.1 Å². The van der Waals surface area contributed by atoms with Gasteiger partial charge in [-0.1, -0.05) is 32.1 Å². The van der Waals surface area contributed by atoms with Crippen LogP contribution in [0.4, 0.5) is 5.69 Å². The predicted molar refractivity (Wildman–Crippen MR) is 161 cm³/mol. The summed E-state index contributed by atoms with van der Waals surface area (Å²) in [4.78, 5) is 33.5. The number of benzene rings is 1. The summed E-state index contributed by atoms with van der Waals surface area (Å²) in [5.41, 5.74) is 1.91. The van der Waals surface area contributed by atoms with Crippen molar-refractivity contribution < 1.29 is 34.0 Å². The number of hydrogen-bond acceptors (Lipinski definition) is 6. The standard InChI is InChI=1S/C30H33N7O5S/c1-4-8-22(25-17-20(18-42-25)19(2)3)32-27-28(35-43(41)34-27)33-23-11-7-9-21(26(23)38)29(39)36-13-15-37(16-14-36)30(40)24-10-5-6-12-31-24/h4-12,17-19,22,38H,13-16H2,1-3H3,(H,32,34)(H,33,35)/p+2/b8-4+. The molecule has 224 valence electrons. The summed E-state index contributed by atoms with van der Waals surface area (Å²) in [6.45, 7) is 7.43. The molecule has 4 heterocycles. The molecule has 0 aliphatic carbocycles. The largest absolute Gasteiger partial charge is 0.502 e. The molecule has 0 radical (unpaired) electrons. The molecule has 43 heavy (non-hydrogen) atoms. The number of rotatable bonds is 7. The molecule has 1 saturated heterocycles. The quantitative estimate of drug-likeness (QED) is 0.210. The van der Waals surface area contributed by atoms with Gasteiger partial charge in [-0.05, 0) is 48.7 Å². The number of quaternary nitrogens is 2. The van der Waals surface area contributed by atoms with Crippen molar-refractivity contribution in [3.05, 3.63) is 89.7 Å². The number of carbonyl (C=O) groups is 2. The number of allylic oxidation sites excluding steroid dienone is 1. The highest BCUT2D eigenvalue weighted by Crippen LogP contribution is 2.26. The van der Waals surface area contributed by atoms with Crippen molar-refractivity contribution >= 4 is 40.3 Å². The lowest BCUT2D eigenvalue weighted by Gasteiger charge is -2.34. The van der Waals surface area contributed by atoms with Gasteiger partial charge in [0.1, 0.15) is 5.69 Å². The molecule has 2 unspecified atom stereocenters. The van der Waals surface area contributed by atoms with E-state index in [0.717, 1.165) is 11.3 Å². The molecule has 1 aromatic carbocycles. The van der Waals surface area contributed by atoms with E-state index in [1.165, 1.54) is 0 Å². The minimum Gasteiger partial charge on any atom is -0.502 e. The highest BCUT2D eigenvalue weighted by Gasteiger charge is 2.34. The molecule has 2 aromatic heterocycles. The number of nitrogens with zero attached hydrogens (tertiary/aromatic N) is 5. The molecular weight excluding hydrogens is 570 g/mol. The fourth-order valence-electron chi connectivity index (χ4n) is 4.89. The second kappa shape index (κ2) is 13.2. The highest BCUT2D eigenvalue weighted by atomic mass is 32.2. The zero-order valence-electron chi connectivity index (χ0n) is 24.2. The maximum atomic E-state index is 13.4. The zero-order valence-corrected chi connectivity index (χ0v) is 25.0. The topological polar surface area (TPSA) is 162 Å². The Morgan fingerprint density at radius 2 is 1.74 bits per heavy atom. The summed E-state index contributed by atoms with van der Waals surface area (Å²) < 4.78 is 26.5. The zero-order chi connectivity index (χ0) is 30.5. The van der Waals surface area contributed by atoms with Crippen LogP contribution < -0.4 is 10.6 Å². The number of pyridine rings is 1. The third-order valence-corrected chi connectivity index (χ3v) is 8.02. The first-order valence-corrected chi connectivity index (χ1v) is 15.1. The molecule has 1 fully saturated rings. The number of aromatic hydroxyl groups is 1. The van der Waals surface area contributed by atoms with E-state index in [1.807, 2.05) is 30.5 Å². The second-order valence-electron chi connectivity index (χ2n) is 10.5. The van der Waals surface area contributed by atoms with Gasteiger partial charge in [0.25, 0.3) is 23.0 Å². The van der Waals surface area contributed by atoms with Gasteiger partial charge in [0.15, 0.2) is 23.2 Å². The first kappa shape index (κ1) is 30.0. The van der Waals surface area contributed by atoms with Crippen LogP contribution in [0.25, 0.3) is 0 Å². The van der Waals surface area contributed by atoms with Crippen LogP contribution in [0.15, 0.2) is 80.3 Å². The number of nitrogens with two attached hydrogens (primary N) is 2. The van der Waals surface area contributed by atoms with Crippen LogP contribution in [-0.4, -0.2) is 73.8 Å². The Bertz CT molecular complexity index is 1610. The fraction of sp³-hybridized carbons (Fsp3) is 0.300. The Balaban J connectivity index is 1.27. The van der Waals surface area contributed by atoms with Crippen molar-refractivity contribution in [3.8, 4) is 5.75 Å². The number of hydrogen-bond donors (Lipinski definition) is 3. The maximum Gasteiger partial charge on any atom is 0.324 e. The molecule has 0 spiro atoms. The molecule has 0 bridgehead atoms. The summed E-state index contributed by atoms with van der Waals surface area (Å²) in [5.74, 6) is 1.01. The van der Waals surface area contributed by atoms with Gasteiger partial charge in [0, 0.05) is 38.4 Å². The molecule has 5 rings (SSSR count). The van der Waals surface area contributed by atoms with E-state index >= 15 is 0 Å². The molecule has 5 N–H and O–H groups in total. The predicted octanol–water partition coefficient (Wildman–Crippen LogP) is 1.57. The van der Waals surface area contributed by atoms with Crippen molar-refractivity contribution in [1.82, 2.24) is 14.8 Å². The van der Waals surface area contributed by atoms with Crippen LogP contribution >= 0.6 is 0 Å². The Labute approximate surface area is 252 Å². The Hall–Kier alpha value is -4.46.